The molecule has 0 aromatic heterocycles. The summed E-state index contributed by atoms with van der Waals surface area (Å²) in [6.45, 7) is 3.22. The van der Waals surface area contributed by atoms with Gasteiger partial charge in [-0.15, -0.1) is 0 Å². The van der Waals surface area contributed by atoms with E-state index in [4.69, 9.17) is 0 Å². The maximum atomic E-state index is 3.58. The Bertz CT molecular complexity index is 516. The monoisotopic (exact) mass is 223 g/mol. The Labute approximate surface area is 102 Å². The standard InChI is InChI=1S/C16H17N/c1-12-6-5-9-14-10-15(11-17-16(12)14)13-7-3-2-4-8-13/h2-9,15,17H,10-11H2,1H3. The molecule has 0 fully saturated rings. The summed E-state index contributed by atoms with van der Waals surface area (Å²) in [4.78, 5) is 0. The maximum absolute atomic E-state index is 3.58. The lowest BCUT2D eigenvalue weighted by Crippen LogP contribution is -2.22. The molecule has 0 radical (unpaired) electrons. The molecule has 1 heteroatoms. The van der Waals surface area contributed by atoms with Gasteiger partial charge in [0.1, 0.15) is 0 Å². The minimum Gasteiger partial charge on any atom is -0.384 e. The fourth-order valence-corrected chi connectivity index (χ4v) is 2.68. The maximum Gasteiger partial charge on any atom is 0.0402 e. The van der Waals surface area contributed by atoms with Crippen LogP contribution in [0.1, 0.15) is 22.6 Å². The van der Waals surface area contributed by atoms with Crippen LogP contribution in [0.5, 0.6) is 0 Å². The number of anilines is 1. The van der Waals surface area contributed by atoms with Gasteiger partial charge in [-0.05, 0) is 30.0 Å². The van der Waals surface area contributed by atoms with Crippen LogP contribution in [0.15, 0.2) is 48.5 Å². The summed E-state index contributed by atoms with van der Waals surface area (Å²) >= 11 is 0. The zero-order chi connectivity index (χ0) is 11.7. The van der Waals surface area contributed by atoms with Crippen LogP contribution >= 0.6 is 0 Å². The average molecular weight is 223 g/mol. The highest BCUT2D eigenvalue weighted by atomic mass is 14.9. The van der Waals surface area contributed by atoms with Gasteiger partial charge in [0.05, 0.1) is 0 Å². The molecule has 0 bridgehead atoms. The van der Waals surface area contributed by atoms with Gasteiger partial charge in [-0.25, -0.2) is 0 Å². The Morgan fingerprint density at radius 1 is 1.00 bits per heavy atom. The van der Waals surface area contributed by atoms with Gasteiger partial charge in [0, 0.05) is 18.2 Å². The number of hydrogen-bond donors (Lipinski definition) is 1. The van der Waals surface area contributed by atoms with Gasteiger partial charge in [-0.2, -0.15) is 0 Å². The summed E-state index contributed by atoms with van der Waals surface area (Å²) in [6.07, 6.45) is 1.15. The molecule has 0 spiro atoms. The van der Waals surface area contributed by atoms with E-state index in [-0.39, 0.29) is 0 Å². The van der Waals surface area contributed by atoms with Gasteiger partial charge >= 0.3 is 0 Å². The Morgan fingerprint density at radius 2 is 1.82 bits per heavy atom. The van der Waals surface area contributed by atoms with Gasteiger partial charge in [-0.1, -0.05) is 48.5 Å². The molecule has 1 atom stereocenters. The van der Waals surface area contributed by atoms with Crippen molar-refractivity contribution < 1.29 is 0 Å². The van der Waals surface area contributed by atoms with E-state index >= 15 is 0 Å². The Kier molecular flexibility index (Phi) is 2.60. The third kappa shape index (κ3) is 1.93. The van der Waals surface area contributed by atoms with Crippen LogP contribution in [0.4, 0.5) is 5.69 Å². The number of aryl methyl sites for hydroxylation is 1. The van der Waals surface area contributed by atoms with Crippen LogP contribution in [0, 0.1) is 6.92 Å². The molecule has 0 aliphatic carbocycles. The minimum absolute atomic E-state index is 0.602. The van der Waals surface area contributed by atoms with Gasteiger partial charge in [0.2, 0.25) is 0 Å². The third-order valence-corrected chi connectivity index (χ3v) is 3.62. The van der Waals surface area contributed by atoms with Crippen molar-refractivity contribution >= 4 is 5.69 Å². The van der Waals surface area contributed by atoms with Crippen LogP contribution < -0.4 is 5.32 Å². The molecule has 2 aromatic carbocycles. The summed E-state index contributed by atoms with van der Waals surface area (Å²) in [5, 5.41) is 3.58. The highest BCUT2D eigenvalue weighted by molar-refractivity contribution is 5.59. The fraction of sp³-hybridized carbons (Fsp3) is 0.250. The molecule has 86 valence electrons. The molecule has 1 unspecified atom stereocenters. The Morgan fingerprint density at radius 3 is 2.65 bits per heavy atom. The number of benzene rings is 2. The van der Waals surface area contributed by atoms with E-state index < -0.39 is 0 Å². The molecule has 0 saturated heterocycles. The van der Waals surface area contributed by atoms with Crippen LogP contribution in [-0.4, -0.2) is 6.54 Å². The lowest BCUT2D eigenvalue weighted by atomic mass is 9.87. The largest absolute Gasteiger partial charge is 0.384 e. The molecule has 17 heavy (non-hydrogen) atoms. The third-order valence-electron chi connectivity index (χ3n) is 3.62. The second kappa shape index (κ2) is 4.25. The second-order valence-electron chi connectivity index (χ2n) is 4.80. The van der Waals surface area contributed by atoms with Gasteiger partial charge in [-0.3, -0.25) is 0 Å². The first kappa shape index (κ1) is 10.4. The molecule has 1 N–H and O–H groups in total. The van der Waals surface area contributed by atoms with Gasteiger partial charge in [0.15, 0.2) is 0 Å². The van der Waals surface area contributed by atoms with E-state index in [0.717, 1.165) is 13.0 Å². The van der Waals surface area contributed by atoms with Crippen LogP contribution in [-0.2, 0) is 6.42 Å². The second-order valence-corrected chi connectivity index (χ2v) is 4.80. The number of rotatable bonds is 1. The first-order valence-electron chi connectivity index (χ1n) is 6.22. The molecular weight excluding hydrogens is 206 g/mol. The van der Waals surface area contributed by atoms with Crippen molar-refractivity contribution in [3.8, 4) is 0 Å². The van der Waals surface area contributed by atoms with Gasteiger partial charge in [0.25, 0.3) is 0 Å². The van der Waals surface area contributed by atoms with E-state index in [1.54, 1.807) is 0 Å². The topological polar surface area (TPSA) is 12.0 Å². The molecule has 1 nitrogen and oxygen atoms in total. The normalized spacial score (nSPS) is 18.3. The SMILES string of the molecule is Cc1cccc2c1NCC(c1ccccc1)C2. The molecule has 2 aromatic rings. The predicted molar refractivity (Wildman–Crippen MR) is 72.6 cm³/mol. The lowest BCUT2D eigenvalue weighted by Gasteiger charge is -2.27. The minimum atomic E-state index is 0.602. The zero-order valence-corrected chi connectivity index (χ0v) is 10.1. The quantitative estimate of drug-likeness (QED) is 0.776. The summed E-state index contributed by atoms with van der Waals surface area (Å²) in [5.74, 6) is 0.602. The summed E-state index contributed by atoms with van der Waals surface area (Å²) in [5.41, 5.74) is 5.59. The van der Waals surface area contributed by atoms with Crippen molar-refractivity contribution in [3.63, 3.8) is 0 Å². The van der Waals surface area contributed by atoms with E-state index in [1.807, 2.05) is 0 Å². The van der Waals surface area contributed by atoms with Crippen molar-refractivity contribution in [3.05, 3.63) is 65.2 Å². The predicted octanol–water partition coefficient (Wildman–Crippen LogP) is 3.75. The van der Waals surface area contributed by atoms with Crippen molar-refractivity contribution in [2.45, 2.75) is 19.3 Å². The Balaban J connectivity index is 1.91. The highest BCUT2D eigenvalue weighted by Gasteiger charge is 2.20. The number of hydrogen-bond acceptors (Lipinski definition) is 1. The summed E-state index contributed by atoms with van der Waals surface area (Å²) in [7, 11) is 0. The van der Waals surface area contributed by atoms with E-state index in [9.17, 15) is 0 Å². The van der Waals surface area contributed by atoms with E-state index in [2.05, 4.69) is 60.8 Å². The van der Waals surface area contributed by atoms with Crippen molar-refractivity contribution in [1.29, 1.82) is 0 Å². The van der Waals surface area contributed by atoms with Crippen molar-refractivity contribution in [2.24, 2.45) is 0 Å². The lowest BCUT2D eigenvalue weighted by molar-refractivity contribution is 0.694. The van der Waals surface area contributed by atoms with Crippen molar-refractivity contribution in [1.82, 2.24) is 0 Å². The number of nitrogens with one attached hydrogen (secondary N) is 1. The Hall–Kier alpha value is -1.76. The molecule has 1 aliphatic heterocycles. The van der Waals surface area contributed by atoms with Gasteiger partial charge < -0.3 is 5.32 Å². The molecule has 3 rings (SSSR count). The van der Waals surface area contributed by atoms with Crippen molar-refractivity contribution in [2.75, 3.05) is 11.9 Å². The molecule has 1 aliphatic rings. The first-order valence-corrected chi connectivity index (χ1v) is 6.22. The first-order chi connectivity index (χ1) is 8.34. The van der Waals surface area contributed by atoms with Crippen LogP contribution in [0.3, 0.4) is 0 Å². The molecule has 0 amide bonds. The number of para-hydroxylation sites is 1. The summed E-state index contributed by atoms with van der Waals surface area (Å²) in [6, 6.07) is 17.4. The molecule has 0 saturated carbocycles. The fourth-order valence-electron chi connectivity index (χ4n) is 2.68. The molecule has 1 heterocycles. The van der Waals surface area contributed by atoms with Crippen LogP contribution in [0.2, 0.25) is 0 Å². The highest BCUT2D eigenvalue weighted by Crippen LogP contribution is 2.32. The molecular formula is C16H17N. The van der Waals surface area contributed by atoms with E-state index in [1.165, 1.54) is 22.4 Å². The smallest absolute Gasteiger partial charge is 0.0402 e. The zero-order valence-electron chi connectivity index (χ0n) is 10.1. The summed E-state index contributed by atoms with van der Waals surface area (Å²) < 4.78 is 0. The van der Waals surface area contributed by atoms with E-state index in [0.29, 0.717) is 5.92 Å². The number of fused-ring (bicyclic) bond motifs is 1. The average Bonchev–Trinajstić information content (AvgIpc) is 2.40. The van der Waals surface area contributed by atoms with Crippen LogP contribution in [0.25, 0.3) is 0 Å².